The molecule has 4 rings (SSSR count). The van der Waals surface area contributed by atoms with Crippen molar-refractivity contribution in [2.24, 2.45) is 0 Å². The summed E-state index contributed by atoms with van der Waals surface area (Å²) in [5, 5.41) is 0. The van der Waals surface area contributed by atoms with Crippen LogP contribution in [0.1, 0.15) is 24.3 Å². The summed E-state index contributed by atoms with van der Waals surface area (Å²) in [6, 6.07) is 20.5. The molecule has 2 aliphatic heterocycles. The van der Waals surface area contributed by atoms with Crippen molar-refractivity contribution in [2.45, 2.75) is 18.8 Å². The van der Waals surface area contributed by atoms with Crippen LogP contribution in [0.2, 0.25) is 0 Å². The Morgan fingerprint density at radius 2 is 1.61 bits per heavy atom. The molecule has 1 atom stereocenters. The van der Waals surface area contributed by atoms with E-state index in [-0.39, 0.29) is 24.3 Å². The van der Waals surface area contributed by atoms with Crippen molar-refractivity contribution < 1.29 is 9.59 Å². The fourth-order valence-electron chi connectivity index (χ4n) is 4.20. The maximum Gasteiger partial charge on any atom is 0.242 e. The summed E-state index contributed by atoms with van der Waals surface area (Å²) in [6.07, 6.45) is 1.44. The summed E-state index contributed by atoms with van der Waals surface area (Å²) in [5.74, 6) is 0.346. The van der Waals surface area contributed by atoms with Gasteiger partial charge in [0.05, 0.1) is 6.54 Å². The van der Waals surface area contributed by atoms with Gasteiger partial charge in [-0.2, -0.15) is 0 Å². The van der Waals surface area contributed by atoms with Gasteiger partial charge in [0.25, 0.3) is 0 Å². The van der Waals surface area contributed by atoms with Crippen molar-refractivity contribution >= 4 is 17.5 Å². The number of nitrogens with zero attached hydrogens (tertiary/aromatic N) is 3. The molecule has 0 aliphatic carbocycles. The topological polar surface area (TPSA) is 43.9 Å². The highest BCUT2D eigenvalue weighted by Crippen LogP contribution is 2.28. The monoisotopic (exact) mass is 377 g/mol. The van der Waals surface area contributed by atoms with Crippen LogP contribution >= 0.6 is 0 Å². The number of anilines is 1. The summed E-state index contributed by atoms with van der Waals surface area (Å²) in [6.45, 7) is 4.08. The van der Waals surface area contributed by atoms with Crippen molar-refractivity contribution in [3.8, 4) is 0 Å². The molecule has 2 aromatic carbocycles. The lowest BCUT2D eigenvalue weighted by Crippen LogP contribution is -2.42. The first-order valence-corrected chi connectivity index (χ1v) is 10.1. The second-order valence-corrected chi connectivity index (χ2v) is 7.64. The van der Waals surface area contributed by atoms with E-state index in [0.29, 0.717) is 19.5 Å². The van der Waals surface area contributed by atoms with Crippen molar-refractivity contribution in [3.63, 3.8) is 0 Å². The molecule has 0 N–H and O–H groups in total. The molecule has 2 amide bonds. The summed E-state index contributed by atoms with van der Waals surface area (Å²) >= 11 is 0. The zero-order valence-electron chi connectivity index (χ0n) is 16.2. The zero-order chi connectivity index (χ0) is 19.3. The summed E-state index contributed by atoms with van der Waals surface area (Å²) in [4.78, 5) is 31.3. The number of carbonyl (C=O) groups is 2. The number of hydrogen-bond acceptors (Lipinski definition) is 3. The van der Waals surface area contributed by atoms with Gasteiger partial charge in [-0.25, -0.2) is 0 Å². The number of rotatable bonds is 4. The molecule has 0 spiro atoms. The first-order chi connectivity index (χ1) is 13.7. The average Bonchev–Trinajstić information content (AvgIpc) is 2.94. The molecule has 0 unspecified atom stereocenters. The third-order valence-electron chi connectivity index (χ3n) is 5.78. The van der Waals surface area contributed by atoms with Crippen LogP contribution in [0, 0.1) is 0 Å². The predicted molar refractivity (Wildman–Crippen MR) is 110 cm³/mol. The molecule has 2 saturated heterocycles. The van der Waals surface area contributed by atoms with E-state index in [0.717, 1.165) is 26.1 Å². The highest BCUT2D eigenvalue weighted by Gasteiger charge is 2.32. The van der Waals surface area contributed by atoms with Gasteiger partial charge >= 0.3 is 0 Å². The van der Waals surface area contributed by atoms with Crippen molar-refractivity contribution in [3.05, 3.63) is 66.2 Å². The van der Waals surface area contributed by atoms with E-state index in [4.69, 9.17) is 0 Å². The molecule has 2 aromatic rings. The lowest BCUT2D eigenvalue weighted by molar-refractivity contribution is -0.138. The normalized spacial score (nSPS) is 20.4. The smallest absolute Gasteiger partial charge is 0.242 e. The number of amides is 2. The van der Waals surface area contributed by atoms with Gasteiger partial charge in [0.1, 0.15) is 0 Å². The molecular weight excluding hydrogens is 350 g/mol. The molecule has 2 heterocycles. The van der Waals surface area contributed by atoms with Crippen molar-refractivity contribution in [1.29, 1.82) is 0 Å². The Labute approximate surface area is 166 Å². The first-order valence-electron chi connectivity index (χ1n) is 10.1. The van der Waals surface area contributed by atoms with Crippen LogP contribution in [-0.2, 0) is 9.59 Å². The molecule has 0 saturated carbocycles. The number of likely N-dealkylation sites (tertiary alicyclic amines) is 1. The van der Waals surface area contributed by atoms with E-state index in [9.17, 15) is 9.59 Å². The van der Waals surface area contributed by atoms with Crippen LogP contribution in [0.15, 0.2) is 60.7 Å². The Morgan fingerprint density at radius 1 is 0.893 bits per heavy atom. The quantitative estimate of drug-likeness (QED) is 0.823. The Bertz CT molecular complexity index is 809. The summed E-state index contributed by atoms with van der Waals surface area (Å²) < 4.78 is 0. The van der Waals surface area contributed by atoms with Gasteiger partial charge in [0.15, 0.2) is 0 Å². The fourth-order valence-corrected chi connectivity index (χ4v) is 4.20. The second kappa shape index (κ2) is 8.46. The Morgan fingerprint density at radius 3 is 2.36 bits per heavy atom. The maximum absolute atomic E-state index is 12.9. The van der Waals surface area contributed by atoms with Gasteiger partial charge in [-0.1, -0.05) is 48.5 Å². The van der Waals surface area contributed by atoms with Gasteiger partial charge in [-0.05, 0) is 24.1 Å². The number of carbonyl (C=O) groups excluding carboxylic acids is 2. The third-order valence-corrected chi connectivity index (χ3v) is 5.78. The molecule has 146 valence electrons. The second-order valence-electron chi connectivity index (χ2n) is 7.64. The zero-order valence-corrected chi connectivity index (χ0v) is 16.2. The van der Waals surface area contributed by atoms with E-state index in [1.54, 1.807) is 4.90 Å². The SMILES string of the molecule is O=C(CN1C[C@@H](c2ccccc2)CC1=O)N1CCCN(c2ccccc2)CC1. The van der Waals surface area contributed by atoms with Gasteiger partial charge in [-0.3, -0.25) is 9.59 Å². The summed E-state index contributed by atoms with van der Waals surface area (Å²) in [5.41, 5.74) is 2.39. The lowest BCUT2D eigenvalue weighted by atomic mass is 9.99. The first kappa shape index (κ1) is 18.5. The third kappa shape index (κ3) is 4.19. The van der Waals surface area contributed by atoms with Gasteiger partial charge < -0.3 is 14.7 Å². The highest BCUT2D eigenvalue weighted by molar-refractivity contribution is 5.86. The number of benzene rings is 2. The van der Waals surface area contributed by atoms with Crippen LogP contribution in [0.5, 0.6) is 0 Å². The van der Waals surface area contributed by atoms with Crippen molar-refractivity contribution in [1.82, 2.24) is 9.80 Å². The molecule has 2 fully saturated rings. The Kier molecular flexibility index (Phi) is 5.60. The molecule has 28 heavy (non-hydrogen) atoms. The highest BCUT2D eigenvalue weighted by atomic mass is 16.2. The van der Waals surface area contributed by atoms with E-state index < -0.39 is 0 Å². The fraction of sp³-hybridized carbons (Fsp3) is 0.391. The largest absolute Gasteiger partial charge is 0.370 e. The summed E-state index contributed by atoms with van der Waals surface area (Å²) in [7, 11) is 0. The van der Waals surface area contributed by atoms with Gasteiger partial charge in [-0.15, -0.1) is 0 Å². The minimum atomic E-state index is 0.0666. The standard InChI is InChI=1S/C23H27N3O2/c27-22-16-20(19-8-3-1-4-9-19)17-26(22)18-23(28)25-13-7-12-24(14-15-25)21-10-5-2-6-11-21/h1-6,8-11,20H,7,12-18H2/t20-/m0/s1. The molecule has 0 aromatic heterocycles. The van der Waals surface area contributed by atoms with Crippen LogP contribution < -0.4 is 4.90 Å². The Balaban J connectivity index is 1.33. The molecule has 0 bridgehead atoms. The molecule has 5 nitrogen and oxygen atoms in total. The molecule has 5 heteroatoms. The van der Waals surface area contributed by atoms with E-state index in [1.807, 2.05) is 41.3 Å². The van der Waals surface area contributed by atoms with Crippen LogP contribution in [-0.4, -0.2) is 60.9 Å². The van der Waals surface area contributed by atoms with Gasteiger partial charge in [0.2, 0.25) is 11.8 Å². The van der Waals surface area contributed by atoms with E-state index in [1.165, 1.54) is 11.3 Å². The average molecular weight is 377 g/mol. The number of para-hydroxylation sites is 1. The molecular formula is C23H27N3O2. The van der Waals surface area contributed by atoms with E-state index in [2.05, 4.69) is 29.2 Å². The predicted octanol–water partition coefficient (Wildman–Crippen LogP) is 2.74. The lowest BCUT2D eigenvalue weighted by Gasteiger charge is -2.25. The van der Waals surface area contributed by atoms with Crippen LogP contribution in [0.25, 0.3) is 0 Å². The van der Waals surface area contributed by atoms with Gasteiger partial charge in [0, 0.05) is 50.7 Å². The van der Waals surface area contributed by atoms with Crippen LogP contribution in [0.4, 0.5) is 5.69 Å². The molecule has 2 aliphatic rings. The number of hydrogen-bond donors (Lipinski definition) is 0. The van der Waals surface area contributed by atoms with E-state index >= 15 is 0 Å². The molecule has 0 radical (unpaired) electrons. The van der Waals surface area contributed by atoms with Crippen LogP contribution in [0.3, 0.4) is 0 Å². The Hall–Kier alpha value is -2.82. The maximum atomic E-state index is 12.9. The van der Waals surface area contributed by atoms with Crippen molar-refractivity contribution in [2.75, 3.05) is 44.2 Å². The minimum absolute atomic E-state index is 0.0666. The minimum Gasteiger partial charge on any atom is -0.370 e.